The zero-order valence-electron chi connectivity index (χ0n) is 11.7. The van der Waals surface area contributed by atoms with Crippen LogP contribution in [0, 0.1) is 0 Å². The van der Waals surface area contributed by atoms with Gasteiger partial charge in [-0.3, -0.25) is 9.80 Å². The lowest BCUT2D eigenvalue weighted by Gasteiger charge is -2.44. The Morgan fingerprint density at radius 2 is 2.20 bits per heavy atom. The van der Waals surface area contributed by atoms with Gasteiger partial charge in [0.05, 0.1) is 10.7 Å². The van der Waals surface area contributed by atoms with Crippen molar-refractivity contribution in [3.8, 4) is 0 Å². The summed E-state index contributed by atoms with van der Waals surface area (Å²) in [4.78, 5) is 9.56. The number of piperidine rings is 1. The maximum Gasteiger partial charge on any atom is 0.140 e. The molecule has 0 aliphatic carbocycles. The normalized spacial score (nSPS) is 24.4. The van der Waals surface area contributed by atoms with E-state index in [0.717, 1.165) is 36.9 Å². The van der Waals surface area contributed by atoms with Gasteiger partial charge in [0, 0.05) is 32.2 Å². The van der Waals surface area contributed by atoms with Gasteiger partial charge in [-0.1, -0.05) is 18.0 Å². The number of nitrogens with one attached hydrogen (secondary N) is 1. The van der Waals surface area contributed by atoms with Crippen molar-refractivity contribution in [3.63, 3.8) is 0 Å². The molecule has 0 saturated carbocycles. The molecule has 2 saturated heterocycles. The van der Waals surface area contributed by atoms with Crippen LogP contribution in [-0.4, -0.2) is 47.0 Å². The first-order valence-electron chi connectivity index (χ1n) is 7.34. The van der Waals surface area contributed by atoms with E-state index in [-0.39, 0.29) is 0 Å². The molecule has 0 amide bonds. The van der Waals surface area contributed by atoms with Crippen LogP contribution in [0.15, 0.2) is 12.1 Å². The molecule has 0 spiro atoms. The number of hydrogen-bond acceptors (Lipinski definition) is 5. The van der Waals surface area contributed by atoms with Crippen molar-refractivity contribution in [1.29, 1.82) is 0 Å². The Labute approximate surface area is 125 Å². The Morgan fingerprint density at radius 1 is 1.30 bits per heavy atom. The number of nitrogens with zero attached hydrogens (tertiary/aromatic N) is 3. The fourth-order valence-electron chi connectivity index (χ4n) is 3.25. The topological polar surface area (TPSA) is 57.4 Å². The van der Waals surface area contributed by atoms with Crippen molar-refractivity contribution in [2.45, 2.75) is 31.8 Å². The van der Waals surface area contributed by atoms with Crippen molar-refractivity contribution in [1.82, 2.24) is 14.8 Å². The van der Waals surface area contributed by atoms with Gasteiger partial charge in [0.15, 0.2) is 0 Å². The number of rotatable bonds is 3. The van der Waals surface area contributed by atoms with E-state index in [4.69, 9.17) is 17.4 Å². The summed E-state index contributed by atoms with van der Waals surface area (Å²) < 4.78 is 0. The molecule has 3 heterocycles. The van der Waals surface area contributed by atoms with E-state index in [2.05, 4.69) is 20.2 Å². The van der Waals surface area contributed by atoms with Crippen molar-refractivity contribution in [2.75, 3.05) is 31.6 Å². The molecule has 2 fully saturated rings. The third-order valence-electron chi connectivity index (χ3n) is 4.36. The fourth-order valence-corrected chi connectivity index (χ4v) is 3.42. The molecule has 1 atom stereocenters. The third-order valence-corrected chi connectivity index (χ3v) is 4.71. The quantitative estimate of drug-likeness (QED) is 0.656. The number of hydrogen-bond donors (Lipinski definition) is 2. The predicted octanol–water partition coefficient (Wildman–Crippen LogP) is 1.69. The monoisotopic (exact) mass is 295 g/mol. The lowest BCUT2D eigenvalue weighted by atomic mass is 9.99. The zero-order valence-corrected chi connectivity index (χ0v) is 12.4. The molecule has 3 N–H and O–H groups in total. The number of aromatic nitrogens is 1. The molecule has 1 aromatic rings. The summed E-state index contributed by atoms with van der Waals surface area (Å²) in [7, 11) is 0. The van der Waals surface area contributed by atoms with E-state index in [0.29, 0.717) is 11.9 Å². The summed E-state index contributed by atoms with van der Waals surface area (Å²) in [5.41, 5.74) is 3.49. The minimum Gasteiger partial charge on any atom is -0.308 e. The van der Waals surface area contributed by atoms with Crippen LogP contribution in [0.5, 0.6) is 0 Å². The number of hydrazine groups is 1. The molecule has 110 valence electrons. The summed E-state index contributed by atoms with van der Waals surface area (Å²) in [5, 5.41) is 0.718. The molecule has 0 radical (unpaired) electrons. The lowest BCUT2D eigenvalue weighted by Crippen LogP contribution is -2.54. The second-order valence-electron chi connectivity index (χ2n) is 5.69. The summed E-state index contributed by atoms with van der Waals surface area (Å²) in [6.45, 7) is 5.45. The van der Waals surface area contributed by atoms with Crippen molar-refractivity contribution >= 4 is 17.4 Å². The van der Waals surface area contributed by atoms with Crippen LogP contribution in [0.25, 0.3) is 0 Å². The summed E-state index contributed by atoms with van der Waals surface area (Å²) in [5.74, 6) is 6.08. The average Bonchev–Trinajstić information content (AvgIpc) is 2.49. The highest BCUT2D eigenvalue weighted by Gasteiger charge is 2.29. The molecule has 0 aromatic carbocycles. The first-order chi connectivity index (χ1) is 9.76. The van der Waals surface area contributed by atoms with Gasteiger partial charge in [0.1, 0.15) is 5.82 Å². The van der Waals surface area contributed by atoms with Gasteiger partial charge in [-0.2, -0.15) is 0 Å². The molecule has 2 aliphatic heterocycles. The van der Waals surface area contributed by atoms with Gasteiger partial charge >= 0.3 is 0 Å². The second kappa shape index (κ2) is 6.26. The fraction of sp³-hybridized carbons (Fsp3) is 0.643. The van der Waals surface area contributed by atoms with Gasteiger partial charge in [-0.15, -0.1) is 0 Å². The van der Waals surface area contributed by atoms with Gasteiger partial charge in [-0.25, -0.2) is 10.8 Å². The number of halogens is 1. The predicted molar refractivity (Wildman–Crippen MR) is 81.5 cm³/mol. The van der Waals surface area contributed by atoms with E-state index >= 15 is 0 Å². The van der Waals surface area contributed by atoms with E-state index < -0.39 is 0 Å². The molecule has 1 aromatic heterocycles. The van der Waals surface area contributed by atoms with Crippen molar-refractivity contribution < 1.29 is 0 Å². The van der Waals surface area contributed by atoms with E-state index in [1.807, 2.05) is 6.07 Å². The Balaban J connectivity index is 1.66. The van der Waals surface area contributed by atoms with Gasteiger partial charge in [-0.05, 0) is 31.5 Å². The molecule has 3 rings (SSSR count). The van der Waals surface area contributed by atoms with Crippen LogP contribution in [-0.2, 0) is 6.54 Å². The van der Waals surface area contributed by atoms with Gasteiger partial charge in [0.2, 0.25) is 0 Å². The lowest BCUT2D eigenvalue weighted by molar-refractivity contribution is 0.0451. The zero-order chi connectivity index (χ0) is 13.9. The summed E-state index contributed by atoms with van der Waals surface area (Å²) >= 11 is 6.24. The van der Waals surface area contributed by atoms with Crippen LogP contribution >= 0.6 is 11.6 Å². The minimum atomic E-state index is 0.667. The Bertz CT molecular complexity index is 467. The number of anilines is 1. The van der Waals surface area contributed by atoms with Gasteiger partial charge < -0.3 is 5.43 Å². The smallest absolute Gasteiger partial charge is 0.140 e. The van der Waals surface area contributed by atoms with Gasteiger partial charge in [0.25, 0.3) is 0 Å². The number of nitrogen functional groups attached to an aromatic ring is 1. The van der Waals surface area contributed by atoms with Crippen LogP contribution in [0.4, 0.5) is 5.82 Å². The summed E-state index contributed by atoms with van der Waals surface area (Å²) in [6.07, 6.45) is 4.04. The third kappa shape index (κ3) is 3.06. The number of pyridine rings is 1. The highest BCUT2D eigenvalue weighted by atomic mass is 35.5. The first kappa shape index (κ1) is 14.1. The number of piperazine rings is 1. The van der Waals surface area contributed by atoms with E-state index in [1.165, 1.54) is 25.8 Å². The maximum atomic E-state index is 6.24. The molecular weight excluding hydrogens is 274 g/mol. The highest BCUT2D eigenvalue weighted by Crippen LogP contribution is 2.24. The van der Waals surface area contributed by atoms with Crippen molar-refractivity contribution in [2.24, 2.45) is 5.84 Å². The average molecular weight is 296 g/mol. The molecule has 6 heteroatoms. The first-order valence-corrected chi connectivity index (χ1v) is 7.72. The largest absolute Gasteiger partial charge is 0.308 e. The van der Waals surface area contributed by atoms with Crippen LogP contribution in [0.1, 0.15) is 25.0 Å². The molecule has 0 bridgehead atoms. The second-order valence-corrected chi connectivity index (χ2v) is 6.10. The van der Waals surface area contributed by atoms with Crippen molar-refractivity contribution in [3.05, 3.63) is 22.8 Å². The summed E-state index contributed by atoms with van der Waals surface area (Å²) in [6, 6.07) is 4.37. The van der Waals surface area contributed by atoms with Crippen LogP contribution < -0.4 is 11.3 Å². The number of fused-ring (bicyclic) bond motifs is 1. The number of nitrogens with two attached hydrogens (primary N) is 1. The van der Waals surface area contributed by atoms with Crippen LogP contribution in [0.2, 0.25) is 5.02 Å². The molecule has 5 nitrogen and oxygen atoms in total. The standard InChI is InChI=1S/C14H22ClN5/c15-12-4-5-14(18-16)17-13(12)10-19-7-8-20-6-2-1-3-11(20)9-19/h4-5,11H,1-3,6-10,16H2,(H,17,18). The Hall–Kier alpha value is -0.880. The highest BCUT2D eigenvalue weighted by molar-refractivity contribution is 6.31. The SMILES string of the molecule is NNc1ccc(Cl)c(CN2CCN3CCCCC3C2)n1. The molecule has 2 aliphatic rings. The van der Waals surface area contributed by atoms with E-state index in [1.54, 1.807) is 6.07 Å². The van der Waals surface area contributed by atoms with E-state index in [9.17, 15) is 0 Å². The van der Waals surface area contributed by atoms with Crippen LogP contribution in [0.3, 0.4) is 0 Å². The Morgan fingerprint density at radius 3 is 3.05 bits per heavy atom. The minimum absolute atomic E-state index is 0.667. The molecule has 20 heavy (non-hydrogen) atoms. The molecule has 1 unspecified atom stereocenters. The molecular formula is C14H22ClN5. The maximum absolute atomic E-state index is 6.24. The Kier molecular flexibility index (Phi) is 4.41.